The van der Waals surface area contributed by atoms with Crippen LogP contribution in [0.15, 0.2) is 29.2 Å². The second kappa shape index (κ2) is 6.53. The molecule has 0 N–H and O–H groups in total. The van der Waals surface area contributed by atoms with Gasteiger partial charge in [0.15, 0.2) is 9.84 Å². The van der Waals surface area contributed by atoms with Crippen LogP contribution in [-0.4, -0.2) is 19.5 Å². The van der Waals surface area contributed by atoms with Crippen LogP contribution in [0.5, 0.6) is 0 Å². The number of sulfone groups is 1. The fourth-order valence-corrected chi connectivity index (χ4v) is 3.62. The van der Waals surface area contributed by atoms with Crippen molar-refractivity contribution in [3.8, 4) is 12.3 Å². The van der Waals surface area contributed by atoms with Gasteiger partial charge in [-0.1, -0.05) is 17.7 Å². The highest BCUT2D eigenvalue weighted by atomic mass is 32.2. The average molecular weight is 278 g/mol. The van der Waals surface area contributed by atoms with Gasteiger partial charge in [0.05, 0.1) is 4.90 Å². The van der Waals surface area contributed by atoms with E-state index in [2.05, 4.69) is 5.92 Å². The number of rotatable bonds is 6. The van der Waals surface area contributed by atoms with Crippen molar-refractivity contribution in [2.24, 2.45) is 0 Å². The molecule has 0 spiro atoms. The number of Topliss-reactive ketones (excluding diaryl/α,β-unsaturated/α-hetero) is 1. The van der Waals surface area contributed by atoms with Crippen LogP contribution in [0.4, 0.5) is 0 Å². The first-order chi connectivity index (χ1) is 8.89. The van der Waals surface area contributed by atoms with Crippen LogP contribution in [0.25, 0.3) is 0 Å². The molecule has 0 aliphatic carbocycles. The largest absolute Gasteiger partial charge is 0.299 e. The third-order valence-electron chi connectivity index (χ3n) is 2.96. The summed E-state index contributed by atoms with van der Waals surface area (Å²) in [5, 5.41) is -0.997. The van der Waals surface area contributed by atoms with Crippen molar-refractivity contribution in [2.75, 3.05) is 0 Å². The maximum atomic E-state index is 12.4. The molecule has 1 unspecified atom stereocenters. The van der Waals surface area contributed by atoms with Gasteiger partial charge in [-0.15, -0.1) is 12.3 Å². The minimum Gasteiger partial charge on any atom is -0.299 e. The summed E-state index contributed by atoms with van der Waals surface area (Å²) in [7, 11) is -3.62. The summed E-state index contributed by atoms with van der Waals surface area (Å²) in [4.78, 5) is 11.8. The molecule has 0 amide bonds. The minimum atomic E-state index is -3.62. The fraction of sp³-hybridized carbons (Fsp3) is 0.400. The van der Waals surface area contributed by atoms with Gasteiger partial charge in [-0.25, -0.2) is 8.42 Å². The molecule has 3 nitrogen and oxygen atoms in total. The SMILES string of the molecule is C#CCCCC(C(C)=O)S(=O)(=O)c1ccc(C)cc1. The number of hydrogen-bond donors (Lipinski definition) is 0. The Morgan fingerprint density at radius 2 is 1.89 bits per heavy atom. The number of ketones is 1. The molecular weight excluding hydrogens is 260 g/mol. The van der Waals surface area contributed by atoms with E-state index in [1.54, 1.807) is 24.3 Å². The molecule has 1 aromatic carbocycles. The maximum Gasteiger partial charge on any atom is 0.188 e. The van der Waals surface area contributed by atoms with Crippen molar-refractivity contribution < 1.29 is 13.2 Å². The van der Waals surface area contributed by atoms with E-state index >= 15 is 0 Å². The Labute approximate surface area is 115 Å². The van der Waals surface area contributed by atoms with Crippen molar-refractivity contribution in [3.05, 3.63) is 29.8 Å². The van der Waals surface area contributed by atoms with Crippen LogP contribution in [-0.2, 0) is 14.6 Å². The zero-order chi connectivity index (χ0) is 14.5. The zero-order valence-corrected chi connectivity index (χ0v) is 12.0. The van der Waals surface area contributed by atoms with Crippen LogP contribution in [0.1, 0.15) is 31.7 Å². The lowest BCUT2D eigenvalue weighted by atomic mass is 10.1. The maximum absolute atomic E-state index is 12.4. The molecule has 4 heteroatoms. The third-order valence-corrected chi connectivity index (χ3v) is 5.21. The van der Waals surface area contributed by atoms with Crippen molar-refractivity contribution >= 4 is 15.6 Å². The van der Waals surface area contributed by atoms with Gasteiger partial charge in [0, 0.05) is 6.42 Å². The second-order valence-electron chi connectivity index (χ2n) is 4.55. The number of benzene rings is 1. The highest BCUT2D eigenvalue weighted by Gasteiger charge is 2.30. The van der Waals surface area contributed by atoms with Crippen molar-refractivity contribution in [3.63, 3.8) is 0 Å². The van der Waals surface area contributed by atoms with Crippen LogP contribution in [0.3, 0.4) is 0 Å². The number of carbonyl (C=O) groups excluding carboxylic acids is 1. The summed E-state index contributed by atoms with van der Waals surface area (Å²) in [6.45, 7) is 3.19. The van der Waals surface area contributed by atoms with E-state index in [0.29, 0.717) is 12.8 Å². The summed E-state index contributed by atoms with van der Waals surface area (Å²) in [6.07, 6.45) is 6.43. The fourth-order valence-electron chi connectivity index (χ4n) is 1.86. The quantitative estimate of drug-likeness (QED) is 0.593. The van der Waals surface area contributed by atoms with Gasteiger partial charge >= 0.3 is 0 Å². The molecule has 0 heterocycles. The summed E-state index contributed by atoms with van der Waals surface area (Å²) in [6, 6.07) is 6.54. The average Bonchev–Trinajstić information content (AvgIpc) is 2.34. The van der Waals surface area contributed by atoms with E-state index in [-0.39, 0.29) is 17.1 Å². The lowest BCUT2D eigenvalue weighted by Gasteiger charge is -2.14. The molecule has 0 radical (unpaired) electrons. The summed E-state index contributed by atoms with van der Waals surface area (Å²) >= 11 is 0. The van der Waals surface area contributed by atoms with E-state index in [1.165, 1.54) is 6.92 Å². The Bertz CT molecular complexity index is 577. The predicted octanol–water partition coefficient (Wildman–Crippen LogP) is 2.53. The molecule has 1 atom stereocenters. The molecule has 1 rings (SSSR count). The Hall–Kier alpha value is -1.60. The molecular formula is C15H18O3S. The topological polar surface area (TPSA) is 51.2 Å². The highest BCUT2D eigenvalue weighted by molar-refractivity contribution is 7.92. The minimum absolute atomic E-state index is 0.194. The molecule has 102 valence electrons. The van der Waals surface area contributed by atoms with E-state index in [0.717, 1.165) is 5.56 Å². The Kier molecular flexibility index (Phi) is 5.31. The summed E-state index contributed by atoms with van der Waals surface area (Å²) < 4.78 is 24.8. The Balaban J connectivity index is 3.03. The molecule has 0 aromatic heterocycles. The van der Waals surface area contributed by atoms with E-state index < -0.39 is 15.1 Å². The molecule has 0 aliphatic heterocycles. The van der Waals surface area contributed by atoms with E-state index in [4.69, 9.17) is 6.42 Å². The lowest BCUT2D eigenvalue weighted by Crippen LogP contribution is -2.28. The Morgan fingerprint density at radius 3 is 2.37 bits per heavy atom. The van der Waals surface area contributed by atoms with Crippen molar-refractivity contribution in [2.45, 2.75) is 43.3 Å². The molecule has 0 saturated heterocycles. The van der Waals surface area contributed by atoms with Gasteiger partial charge in [-0.3, -0.25) is 4.79 Å². The molecule has 0 saturated carbocycles. The van der Waals surface area contributed by atoms with Crippen LogP contribution >= 0.6 is 0 Å². The molecule has 0 bridgehead atoms. The van der Waals surface area contributed by atoms with Crippen molar-refractivity contribution in [1.29, 1.82) is 0 Å². The van der Waals surface area contributed by atoms with Crippen LogP contribution in [0.2, 0.25) is 0 Å². The van der Waals surface area contributed by atoms with E-state index in [9.17, 15) is 13.2 Å². The van der Waals surface area contributed by atoms with Crippen LogP contribution in [0, 0.1) is 19.3 Å². The highest BCUT2D eigenvalue weighted by Crippen LogP contribution is 2.21. The smallest absolute Gasteiger partial charge is 0.188 e. The summed E-state index contributed by atoms with van der Waals surface area (Å²) in [5.74, 6) is 2.12. The van der Waals surface area contributed by atoms with Gasteiger partial charge in [0.2, 0.25) is 0 Å². The van der Waals surface area contributed by atoms with Gasteiger partial charge in [-0.2, -0.15) is 0 Å². The first kappa shape index (κ1) is 15.5. The molecule has 0 aliphatic rings. The van der Waals surface area contributed by atoms with Gasteiger partial charge in [0.1, 0.15) is 11.0 Å². The van der Waals surface area contributed by atoms with Gasteiger partial charge in [0.25, 0.3) is 0 Å². The number of unbranched alkanes of at least 4 members (excludes halogenated alkanes) is 1. The normalized spacial score (nSPS) is 12.7. The first-order valence-electron chi connectivity index (χ1n) is 6.14. The predicted molar refractivity (Wildman–Crippen MR) is 75.5 cm³/mol. The first-order valence-corrected chi connectivity index (χ1v) is 7.68. The zero-order valence-electron chi connectivity index (χ0n) is 11.2. The van der Waals surface area contributed by atoms with E-state index in [1.807, 2.05) is 6.92 Å². The summed E-state index contributed by atoms with van der Waals surface area (Å²) in [5.41, 5.74) is 0.977. The standard InChI is InChI=1S/C15H18O3S/c1-4-5-6-7-15(13(3)16)19(17,18)14-10-8-12(2)9-11-14/h1,8-11,15H,5-7H2,2-3H3. The molecule has 1 aromatic rings. The monoisotopic (exact) mass is 278 g/mol. The number of hydrogen-bond acceptors (Lipinski definition) is 3. The van der Waals surface area contributed by atoms with Crippen LogP contribution < -0.4 is 0 Å². The number of terminal acetylenes is 1. The van der Waals surface area contributed by atoms with Crippen molar-refractivity contribution in [1.82, 2.24) is 0 Å². The lowest BCUT2D eigenvalue weighted by molar-refractivity contribution is -0.116. The molecule has 0 fully saturated rings. The number of aryl methyl sites for hydroxylation is 1. The Morgan fingerprint density at radius 1 is 1.32 bits per heavy atom. The third kappa shape index (κ3) is 3.93. The van der Waals surface area contributed by atoms with Gasteiger partial charge < -0.3 is 0 Å². The van der Waals surface area contributed by atoms with Gasteiger partial charge in [-0.05, 0) is 38.8 Å². The number of carbonyl (C=O) groups is 1. The second-order valence-corrected chi connectivity index (χ2v) is 6.68. The molecule has 19 heavy (non-hydrogen) atoms.